The number of aromatic nitrogens is 1. The number of nitrogen functional groups attached to an aromatic ring is 1. The molecule has 0 radical (unpaired) electrons. The van der Waals surface area contributed by atoms with Crippen molar-refractivity contribution in [3.8, 4) is 10.4 Å². The Morgan fingerprint density at radius 1 is 1.09 bits per heavy atom. The summed E-state index contributed by atoms with van der Waals surface area (Å²) in [5.41, 5.74) is 7.18. The predicted molar refractivity (Wildman–Crippen MR) is 86.8 cm³/mol. The van der Waals surface area contributed by atoms with Gasteiger partial charge < -0.3 is 5.73 Å². The second-order valence-electron chi connectivity index (χ2n) is 4.57. The Balaban J connectivity index is 2.06. The SMILES string of the molecule is Nc1nc(C(=O)c2ccc(Cl)cc2)c(-c2ccc(F)cc2)s1. The summed E-state index contributed by atoms with van der Waals surface area (Å²) in [4.78, 5) is 17.4. The molecule has 0 aliphatic carbocycles. The molecular formula is C16H10ClFN2OS. The first kappa shape index (κ1) is 14.7. The molecule has 1 heterocycles. The molecule has 0 bridgehead atoms. The van der Waals surface area contributed by atoms with Crippen LogP contribution in [0.25, 0.3) is 10.4 Å². The number of thiazole rings is 1. The zero-order valence-electron chi connectivity index (χ0n) is 11.2. The number of benzene rings is 2. The van der Waals surface area contributed by atoms with Crippen molar-refractivity contribution in [1.82, 2.24) is 4.98 Å². The third kappa shape index (κ3) is 2.86. The van der Waals surface area contributed by atoms with E-state index in [1.807, 2.05) is 0 Å². The first-order valence-corrected chi connectivity index (χ1v) is 7.56. The number of carbonyl (C=O) groups excluding carboxylic acids is 1. The molecule has 1 aromatic heterocycles. The van der Waals surface area contributed by atoms with E-state index in [2.05, 4.69) is 4.98 Å². The van der Waals surface area contributed by atoms with E-state index >= 15 is 0 Å². The minimum absolute atomic E-state index is 0.246. The highest BCUT2D eigenvalue weighted by Gasteiger charge is 2.20. The van der Waals surface area contributed by atoms with Crippen LogP contribution in [0.1, 0.15) is 16.1 Å². The molecule has 0 spiro atoms. The van der Waals surface area contributed by atoms with E-state index in [0.717, 1.165) is 0 Å². The smallest absolute Gasteiger partial charge is 0.212 e. The van der Waals surface area contributed by atoms with Crippen molar-refractivity contribution in [2.75, 3.05) is 5.73 Å². The van der Waals surface area contributed by atoms with E-state index in [1.165, 1.54) is 23.5 Å². The van der Waals surface area contributed by atoms with Crippen LogP contribution in [0.3, 0.4) is 0 Å². The zero-order chi connectivity index (χ0) is 15.7. The number of carbonyl (C=O) groups is 1. The van der Waals surface area contributed by atoms with E-state index in [-0.39, 0.29) is 22.4 Å². The Bertz CT molecular complexity index is 828. The van der Waals surface area contributed by atoms with Gasteiger partial charge in [0.1, 0.15) is 11.5 Å². The van der Waals surface area contributed by atoms with Gasteiger partial charge in [-0.15, -0.1) is 0 Å². The number of nitrogens with zero attached hydrogens (tertiary/aromatic N) is 1. The van der Waals surface area contributed by atoms with Crippen LogP contribution < -0.4 is 5.73 Å². The van der Waals surface area contributed by atoms with Gasteiger partial charge in [0.2, 0.25) is 5.78 Å². The van der Waals surface area contributed by atoms with Crippen molar-refractivity contribution >= 4 is 33.9 Å². The van der Waals surface area contributed by atoms with Crippen LogP contribution >= 0.6 is 22.9 Å². The maximum Gasteiger partial charge on any atom is 0.212 e. The van der Waals surface area contributed by atoms with E-state index in [1.54, 1.807) is 36.4 Å². The van der Waals surface area contributed by atoms with Crippen LogP contribution in [0.5, 0.6) is 0 Å². The quantitative estimate of drug-likeness (QED) is 0.722. The minimum atomic E-state index is -0.341. The maximum atomic E-state index is 13.1. The van der Waals surface area contributed by atoms with Crippen molar-refractivity contribution in [2.24, 2.45) is 0 Å². The van der Waals surface area contributed by atoms with Gasteiger partial charge >= 0.3 is 0 Å². The number of halogens is 2. The van der Waals surface area contributed by atoms with E-state index < -0.39 is 0 Å². The Morgan fingerprint density at radius 3 is 2.36 bits per heavy atom. The van der Waals surface area contributed by atoms with Gasteiger partial charge in [-0.2, -0.15) is 0 Å². The number of nitrogens with two attached hydrogens (primary N) is 1. The third-order valence-electron chi connectivity index (χ3n) is 3.07. The van der Waals surface area contributed by atoms with Crippen molar-refractivity contribution < 1.29 is 9.18 Å². The topological polar surface area (TPSA) is 56.0 Å². The third-order valence-corrected chi connectivity index (χ3v) is 4.26. The van der Waals surface area contributed by atoms with Gasteiger partial charge in [0.05, 0.1) is 4.88 Å². The molecule has 0 saturated heterocycles. The summed E-state index contributed by atoms with van der Waals surface area (Å²) in [5.74, 6) is -0.587. The van der Waals surface area contributed by atoms with Gasteiger partial charge in [-0.1, -0.05) is 35.1 Å². The zero-order valence-corrected chi connectivity index (χ0v) is 12.8. The minimum Gasteiger partial charge on any atom is -0.375 e. The second-order valence-corrected chi connectivity index (χ2v) is 6.04. The number of ketones is 1. The lowest BCUT2D eigenvalue weighted by Crippen LogP contribution is -2.03. The van der Waals surface area contributed by atoms with Crippen LogP contribution in [0.15, 0.2) is 48.5 Å². The molecule has 3 aromatic rings. The van der Waals surface area contributed by atoms with Crippen molar-refractivity contribution in [2.45, 2.75) is 0 Å². The average Bonchev–Trinajstić information content (AvgIpc) is 2.90. The monoisotopic (exact) mass is 332 g/mol. The van der Waals surface area contributed by atoms with Crippen LogP contribution in [-0.2, 0) is 0 Å². The normalized spacial score (nSPS) is 10.6. The highest BCUT2D eigenvalue weighted by molar-refractivity contribution is 7.19. The standard InChI is InChI=1S/C16H10ClFN2OS/c17-11-5-1-9(2-6-11)14(21)13-15(22-16(19)20-13)10-3-7-12(18)8-4-10/h1-8H,(H2,19,20). The molecule has 0 amide bonds. The van der Waals surface area contributed by atoms with Crippen LogP contribution in [0.4, 0.5) is 9.52 Å². The fourth-order valence-electron chi connectivity index (χ4n) is 2.03. The van der Waals surface area contributed by atoms with Crippen LogP contribution in [0.2, 0.25) is 5.02 Å². The molecular weight excluding hydrogens is 323 g/mol. The molecule has 110 valence electrons. The Kier molecular flexibility index (Phi) is 3.92. The highest BCUT2D eigenvalue weighted by Crippen LogP contribution is 2.33. The number of anilines is 1. The summed E-state index contributed by atoms with van der Waals surface area (Å²) in [6.07, 6.45) is 0. The molecule has 2 N–H and O–H groups in total. The molecule has 0 atom stereocenters. The Hall–Kier alpha value is -2.24. The lowest BCUT2D eigenvalue weighted by molar-refractivity contribution is 0.103. The maximum absolute atomic E-state index is 13.1. The van der Waals surface area contributed by atoms with Gasteiger partial charge in [0.15, 0.2) is 5.13 Å². The van der Waals surface area contributed by atoms with E-state index in [4.69, 9.17) is 17.3 Å². The molecule has 6 heteroatoms. The van der Waals surface area contributed by atoms with Crippen molar-refractivity contribution in [1.29, 1.82) is 0 Å². The van der Waals surface area contributed by atoms with Crippen LogP contribution in [-0.4, -0.2) is 10.8 Å². The Labute approximate surface area is 135 Å². The van der Waals surface area contributed by atoms with Gasteiger partial charge in [0.25, 0.3) is 0 Å². The fourth-order valence-corrected chi connectivity index (χ4v) is 2.99. The Morgan fingerprint density at radius 2 is 1.73 bits per heavy atom. The molecule has 0 aliphatic rings. The molecule has 2 aromatic carbocycles. The second kappa shape index (κ2) is 5.87. The summed E-state index contributed by atoms with van der Waals surface area (Å²) in [6, 6.07) is 12.4. The van der Waals surface area contributed by atoms with E-state index in [9.17, 15) is 9.18 Å². The molecule has 3 rings (SSSR count). The lowest BCUT2D eigenvalue weighted by atomic mass is 10.0. The summed E-state index contributed by atoms with van der Waals surface area (Å²) >= 11 is 7.02. The molecule has 22 heavy (non-hydrogen) atoms. The predicted octanol–water partition coefficient (Wildman–Crippen LogP) is 4.42. The highest BCUT2D eigenvalue weighted by atomic mass is 35.5. The molecule has 3 nitrogen and oxygen atoms in total. The lowest BCUT2D eigenvalue weighted by Gasteiger charge is -2.02. The summed E-state index contributed by atoms with van der Waals surface area (Å²) < 4.78 is 13.1. The number of hydrogen-bond donors (Lipinski definition) is 1. The van der Waals surface area contributed by atoms with Gasteiger partial charge in [0, 0.05) is 10.6 Å². The van der Waals surface area contributed by atoms with Crippen molar-refractivity contribution in [3.63, 3.8) is 0 Å². The summed E-state index contributed by atoms with van der Waals surface area (Å²) in [5, 5.41) is 0.838. The fraction of sp³-hybridized carbons (Fsp3) is 0. The molecule has 0 fully saturated rings. The molecule has 0 saturated carbocycles. The molecule has 0 unspecified atom stereocenters. The first-order chi connectivity index (χ1) is 10.5. The molecule has 0 aliphatic heterocycles. The van der Waals surface area contributed by atoms with E-state index in [0.29, 0.717) is 21.0 Å². The van der Waals surface area contributed by atoms with Gasteiger partial charge in [-0.05, 0) is 42.0 Å². The van der Waals surface area contributed by atoms with Crippen LogP contribution in [0, 0.1) is 5.82 Å². The summed E-state index contributed by atoms with van der Waals surface area (Å²) in [7, 11) is 0. The largest absolute Gasteiger partial charge is 0.375 e. The van der Waals surface area contributed by atoms with Gasteiger partial charge in [-0.25, -0.2) is 9.37 Å². The first-order valence-electron chi connectivity index (χ1n) is 6.37. The van der Waals surface area contributed by atoms with Crippen molar-refractivity contribution in [3.05, 3.63) is 70.6 Å². The number of hydrogen-bond acceptors (Lipinski definition) is 4. The average molecular weight is 333 g/mol. The number of rotatable bonds is 3. The van der Waals surface area contributed by atoms with Gasteiger partial charge in [-0.3, -0.25) is 4.79 Å². The summed E-state index contributed by atoms with van der Waals surface area (Å²) in [6.45, 7) is 0.